The molecule has 2 aliphatic rings. The van der Waals surface area contributed by atoms with E-state index in [0.717, 1.165) is 6.07 Å². The van der Waals surface area contributed by atoms with Crippen LogP contribution in [0, 0.1) is 5.82 Å². The summed E-state index contributed by atoms with van der Waals surface area (Å²) in [6.07, 6.45) is 0.645. The number of sulfonamides is 1. The number of likely N-dealkylation sites (tertiary alicyclic amines) is 1. The van der Waals surface area contributed by atoms with Gasteiger partial charge in [0.15, 0.2) is 0 Å². The lowest BCUT2D eigenvalue weighted by Gasteiger charge is -2.42. The summed E-state index contributed by atoms with van der Waals surface area (Å²) in [5, 5.41) is 2.83. The zero-order chi connectivity index (χ0) is 20.5. The second-order valence-electron chi connectivity index (χ2n) is 7.09. The number of anilines is 1. The Morgan fingerprint density at radius 1 is 1.00 bits per heavy atom. The quantitative estimate of drug-likeness (QED) is 0.830. The molecule has 0 aromatic heterocycles. The van der Waals surface area contributed by atoms with Gasteiger partial charge in [0.2, 0.25) is 10.0 Å². The molecule has 1 spiro atoms. The summed E-state index contributed by atoms with van der Waals surface area (Å²) in [7, 11) is -4.05. The Balaban J connectivity index is 1.48. The molecule has 0 saturated carbocycles. The Morgan fingerprint density at radius 3 is 2.34 bits per heavy atom. The summed E-state index contributed by atoms with van der Waals surface area (Å²) in [5.41, 5.74) is -0.358. The van der Waals surface area contributed by atoms with Crippen LogP contribution in [-0.4, -0.2) is 55.6 Å². The predicted octanol–water partition coefficient (Wildman–Crippen LogP) is 2.87. The molecule has 0 bridgehead atoms. The summed E-state index contributed by atoms with van der Waals surface area (Å²) < 4.78 is 47.5. The maximum absolute atomic E-state index is 14.2. The van der Waals surface area contributed by atoms with E-state index in [9.17, 15) is 17.6 Å². The number of ether oxygens (including phenoxy) is 1. The van der Waals surface area contributed by atoms with Crippen molar-refractivity contribution in [3.05, 3.63) is 60.4 Å². The molecular weight excluding hydrogens is 397 g/mol. The fraction of sp³-hybridized carbons (Fsp3) is 0.350. The number of carbonyl (C=O) groups excluding carboxylic acids is 1. The number of piperidine rings is 1. The smallest absolute Gasteiger partial charge is 0.321 e. The molecule has 1 N–H and O–H groups in total. The van der Waals surface area contributed by atoms with Crippen molar-refractivity contribution in [1.29, 1.82) is 0 Å². The maximum Gasteiger partial charge on any atom is 0.321 e. The van der Waals surface area contributed by atoms with Gasteiger partial charge in [0.1, 0.15) is 16.4 Å². The summed E-state index contributed by atoms with van der Waals surface area (Å²) in [5.74, 6) is -0.783. The highest BCUT2D eigenvalue weighted by molar-refractivity contribution is 7.89. The topological polar surface area (TPSA) is 79.0 Å². The molecule has 154 valence electrons. The van der Waals surface area contributed by atoms with E-state index in [1.807, 2.05) is 18.2 Å². The van der Waals surface area contributed by atoms with E-state index in [1.165, 1.54) is 22.5 Å². The molecule has 2 aliphatic heterocycles. The lowest BCUT2D eigenvalue weighted by Crippen LogP contribution is -2.56. The lowest BCUT2D eigenvalue weighted by molar-refractivity contribution is -0.0840. The highest BCUT2D eigenvalue weighted by Gasteiger charge is 2.51. The minimum absolute atomic E-state index is 0.160. The first-order chi connectivity index (χ1) is 13.9. The number of rotatable bonds is 3. The monoisotopic (exact) mass is 419 g/mol. The molecular formula is C20H22FN3O4S. The Morgan fingerprint density at radius 2 is 1.66 bits per heavy atom. The molecule has 29 heavy (non-hydrogen) atoms. The van der Waals surface area contributed by atoms with E-state index in [4.69, 9.17) is 4.74 Å². The Labute approximate surface area is 169 Å². The van der Waals surface area contributed by atoms with E-state index in [2.05, 4.69) is 5.32 Å². The number of halogens is 1. The number of nitrogens with zero attached hydrogens (tertiary/aromatic N) is 2. The number of hydrogen-bond donors (Lipinski definition) is 1. The summed E-state index contributed by atoms with van der Waals surface area (Å²) in [6.45, 7) is 1.07. The molecule has 2 saturated heterocycles. The van der Waals surface area contributed by atoms with E-state index >= 15 is 0 Å². The highest BCUT2D eigenvalue weighted by Crippen LogP contribution is 2.38. The number of urea groups is 1. The average molecular weight is 419 g/mol. The molecule has 0 unspecified atom stereocenters. The van der Waals surface area contributed by atoms with Gasteiger partial charge in [-0.05, 0) is 24.3 Å². The molecule has 2 fully saturated rings. The van der Waals surface area contributed by atoms with E-state index in [1.54, 1.807) is 17.0 Å². The fourth-order valence-corrected chi connectivity index (χ4v) is 5.67. The van der Waals surface area contributed by atoms with Crippen molar-refractivity contribution in [2.24, 2.45) is 0 Å². The van der Waals surface area contributed by atoms with Crippen molar-refractivity contribution in [2.45, 2.75) is 23.5 Å². The maximum atomic E-state index is 14.2. The van der Waals surface area contributed by atoms with Crippen molar-refractivity contribution >= 4 is 21.7 Å². The Bertz CT molecular complexity index is 992. The van der Waals surface area contributed by atoms with Crippen molar-refractivity contribution < 1.29 is 22.3 Å². The fourth-order valence-electron chi connectivity index (χ4n) is 3.88. The van der Waals surface area contributed by atoms with Crippen molar-refractivity contribution in [2.75, 3.05) is 31.6 Å². The second-order valence-corrected chi connectivity index (χ2v) is 8.92. The number of benzene rings is 2. The molecule has 4 rings (SSSR count). The minimum atomic E-state index is -4.05. The number of nitrogens with one attached hydrogen (secondary N) is 1. The van der Waals surface area contributed by atoms with Gasteiger partial charge in [-0.3, -0.25) is 0 Å². The Hall–Kier alpha value is -2.49. The van der Waals surface area contributed by atoms with Crippen LogP contribution >= 0.6 is 0 Å². The van der Waals surface area contributed by atoms with Crippen molar-refractivity contribution in [3.63, 3.8) is 0 Å². The third-order valence-electron chi connectivity index (χ3n) is 5.38. The van der Waals surface area contributed by atoms with Crippen LogP contribution in [0.4, 0.5) is 14.9 Å². The van der Waals surface area contributed by atoms with Crippen LogP contribution in [0.1, 0.15) is 12.8 Å². The molecule has 7 nitrogen and oxygen atoms in total. The first-order valence-electron chi connectivity index (χ1n) is 9.45. The summed E-state index contributed by atoms with van der Waals surface area (Å²) >= 11 is 0. The van der Waals surface area contributed by atoms with Crippen molar-refractivity contribution in [1.82, 2.24) is 9.21 Å². The van der Waals surface area contributed by atoms with Crippen LogP contribution < -0.4 is 5.32 Å². The van der Waals surface area contributed by atoms with Crippen LogP contribution in [0.3, 0.4) is 0 Å². The van der Waals surface area contributed by atoms with Crippen LogP contribution in [0.2, 0.25) is 0 Å². The van der Waals surface area contributed by atoms with Crippen LogP contribution in [0.5, 0.6) is 0 Å². The second kappa shape index (κ2) is 7.74. The molecule has 2 aromatic carbocycles. The number of amides is 2. The normalized spacial score (nSPS) is 19.4. The SMILES string of the molecule is O=C(Nc1ccccc1)N1CCC2(CC1)OCCN2S(=O)(=O)c1ccccc1F. The molecule has 0 atom stereocenters. The zero-order valence-electron chi connectivity index (χ0n) is 15.8. The molecule has 2 aromatic rings. The van der Waals surface area contributed by atoms with Gasteiger partial charge < -0.3 is 15.0 Å². The molecule has 9 heteroatoms. The number of carbonyl (C=O) groups is 1. The van der Waals surface area contributed by atoms with Gasteiger partial charge >= 0.3 is 6.03 Å². The zero-order valence-corrected chi connectivity index (χ0v) is 16.6. The van der Waals surface area contributed by atoms with E-state index < -0.39 is 21.6 Å². The Kier molecular flexibility index (Phi) is 5.28. The van der Waals surface area contributed by atoms with Crippen molar-refractivity contribution in [3.8, 4) is 0 Å². The average Bonchev–Trinajstić information content (AvgIpc) is 3.13. The molecule has 0 aliphatic carbocycles. The molecule has 2 amide bonds. The van der Waals surface area contributed by atoms with Crippen LogP contribution in [0.25, 0.3) is 0 Å². The van der Waals surface area contributed by atoms with Gasteiger partial charge in [0.25, 0.3) is 0 Å². The van der Waals surface area contributed by atoms with Crippen LogP contribution in [-0.2, 0) is 14.8 Å². The first-order valence-corrected chi connectivity index (χ1v) is 10.9. The van der Waals surface area contributed by atoms with E-state index in [-0.39, 0.29) is 24.1 Å². The standard InChI is InChI=1S/C20H22FN3O4S/c21-17-8-4-5-9-18(17)29(26,27)24-14-15-28-20(24)10-12-23(13-11-20)19(25)22-16-6-2-1-3-7-16/h1-9H,10-15H2,(H,22,25). The van der Waals surface area contributed by atoms with E-state index in [0.29, 0.717) is 31.6 Å². The van der Waals surface area contributed by atoms with Gasteiger partial charge in [-0.2, -0.15) is 4.31 Å². The predicted molar refractivity (Wildman–Crippen MR) is 105 cm³/mol. The van der Waals surface area contributed by atoms with Gasteiger partial charge in [0.05, 0.1) is 6.61 Å². The summed E-state index contributed by atoms with van der Waals surface area (Å²) in [4.78, 5) is 13.8. The largest absolute Gasteiger partial charge is 0.358 e. The number of para-hydroxylation sites is 1. The minimum Gasteiger partial charge on any atom is -0.358 e. The molecule has 0 radical (unpaired) electrons. The summed E-state index contributed by atoms with van der Waals surface area (Å²) in [6, 6.07) is 14.2. The third kappa shape index (κ3) is 3.73. The first kappa shape index (κ1) is 19.8. The lowest BCUT2D eigenvalue weighted by atomic mass is 10.0. The van der Waals surface area contributed by atoms with Gasteiger partial charge in [-0.15, -0.1) is 0 Å². The number of hydrogen-bond acceptors (Lipinski definition) is 4. The van der Waals surface area contributed by atoms with Gasteiger partial charge in [-0.25, -0.2) is 17.6 Å². The highest BCUT2D eigenvalue weighted by atomic mass is 32.2. The van der Waals surface area contributed by atoms with Gasteiger partial charge in [0, 0.05) is 38.2 Å². The third-order valence-corrected chi connectivity index (χ3v) is 7.36. The van der Waals surface area contributed by atoms with Crippen LogP contribution in [0.15, 0.2) is 59.5 Å². The molecule has 2 heterocycles. The van der Waals surface area contributed by atoms with Gasteiger partial charge in [-0.1, -0.05) is 30.3 Å².